The zero-order valence-corrected chi connectivity index (χ0v) is 20.1. The van der Waals surface area contributed by atoms with Crippen LogP contribution in [0.2, 0.25) is 0 Å². The monoisotopic (exact) mass is 469 g/mol. The van der Waals surface area contributed by atoms with E-state index in [1.165, 1.54) is 6.42 Å². The molecular weight excluding hydrogens is 438 g/mol. The first-order valence-electron chi connectivity index (χ1n) is 12.2. The number of nitrogens with zero attached hydrogens (tertiary/aromatic N) is 6. The highest BCUT2D eigenvalue weighted by atomic mass is 16.3. The molecule has 0 radical (unpaired) electrons. The molecule has 0 amide bonds. The van der Waals surface area contributed by atoms with Crippen LogP contribution >= 0.6 is 0 Å². The van der Waals surface area contributed by atoms with Crippen molar-refractivity contribution in [1.82, 2.24) is 20.1 Å². The number of rotatable bonds is 4. The van der Waals surface area contributed by atoms with E-state index in [1.54, 1.807) is 12.1 Å². The van der Waals surface area contributed by atoms with E-state index >= 15 is 0 Å². The first-order valence-corrected chi connectivity index (χ1v) is 12.2. The molecule has 2 aromatic heterocycles. The predicted octanol–water partition coefficient (Wildman–Crippen LogP) is 2.85. The third-order valence-electron chi connectivity index (χ3n) is 6.74. The number of aromatic nitrogens is 3. The summed E-state index contributed by atoms with van der Waals surface area (Å²) in [6.07, 6.45) is 3.10. The molecule has 4 heterocycles. The molecule has 2 aliphatic rings. The number of phenols is 1. The molecule has 0 spiro atoms. The van der Waals surface area contributed by atoms with Crippen molar-refractivity contribution in [3.05, 3.63) is 54.4 Å². The molecule has 180 valence electrons. The molecule has 2 aliphatic heterocycles. The lowest BCUT2D eigenvalue weighted by molar-refractivity contribution is 0.369. The van der Waals surface area contributed by atoms with Gasteiger partial charge in [0.05, 0.1) is 17.9 Å². The Morgan fingerprint density at radius 2 is 1.83 bits per heavy atom. The summed E-state index contributed by atoms with van der Waals surface area (Å²) in [5, 5.41) is 18.6. The predicted molar refractivity (Wildman–Crippen MR) is 139 cm³/mol. The molecule has 1 atom stereocenters. The molecule has 5 rings (SSSR count). The minimum atomic E-state index is 0.175. The van der Waals surface area contributed by atoms with E-state index in [2.05, 4.69) is 54.7 Å². The van der Waals surface area contributed by atoms with E-state index in [9.17, 15) is 5.11 Å². The third kappa shape index (κ3) is 5.31. The van der Waals surface area contributed by atoms with Gasteiger partial charge in [0.1, 0.15) is 11.4 Å². The maximum Gasteiger partial charge on any atom is 0.169 e. The quantitative estimate of drug-likeness (QED) is 0.564. The largest absolute Gasteiger partial charge is 0.507 e. The van der Waals surface area contributed by atoms with Crippen molar-refractivity contribution < 1.29 is 5.11 Å². The summed E-state index contributed by atoms with van der Waals surface area (Å²) in [6.45, 7) is 8.66. The Morgan fingerprint density at radius 3 is 2.60 bits per heavy atom. The van der Waals surface area contributed by atoms with Crippen LogP contribution in [-0.4, -0.2) is 71.0 Å². The Kier molecular flexibility index (Phi) is 6.68. The second kappa shape index (κ2) is 10.2. The number of hydrogen-bond acceptors (Lipinski definition) is 8. The van der Waals surface area contributed by atoms with Crippen LogP contribution in [0.5, 0.6) is 5.75 Å². The normalized spacial score (nSPS) is 18.4. The van der Waals surface area contributed by atoms with Gasteiger partial charge in [-0.2, -0.15) is 0 Å². The second-order valence-corrected chi connectivity index (χ2v) is 9.32. The number of anilines is 3. The Hall–Kier alpha value is -3.83. The van der Waals surface area contributed by atoms with E-state index in [1.807, 2.05) is 30.5 Å². The fourth-order valence-electron chi connectivity index (χ4n) is 4.77. The molecule has 0 unspecified atom stereocenters. The molecule has 35 heavy (non-hydrogen) atoms. The van der Waals surface area contributed by atoms with Crippen molar-refractivity contribution in [3.8, 4) is 28.8 Å². The molecular formula is C27H31N7O. The standard InChI is InChI=1S/C27H31N7O/c1-20-9-12-32(19-20)11-4-5-21-17-22(8-10-29-21)33-13-15-34(16-14-33)25-18-24(30-31-27(25)28)23-6-2-3-7-26(23)35/h2-3,6-8,10,17-18,20,35H,9,11-16,19H2,1H3,(H2,28,31)/t20-/m0/s1. The van der Waals surface area contributed by atoms with Crippen molar-refractivity contribution in [2.24, 2.45) is 5.92 Å². The maximum atomic E-state index is 10.2. The van der Waals surface area contributed by atoms with Gasteiger partial charge in [0, 0.05) is 50.2 Å². The number of nitrogens with two attached hydrogens (primary N) is 1. The Balaban J connectivity index is 1.24. The molecule has 0 aliphatic carbocycles. The lowest BCUT2D eigenvalue weighted by Gasteiger charge is -2.37. The summed E-state index contributed by atoms with van der Waals surface area (Å²) >= 11 is 0. The zero-order chi connectivity index (χ0) is 24.2. The number of nitrogen functional groups attached to an aromatic ring is 1. The van der Waals surface area contributed by atoms with E-state index < -0.39 is 0 Å². The Morgan fingerprint density at radius 1 is 1.03 bits per heavy atom. The average Bonchev–Trinajstić information content (AvgIpc) is 3.30. The van der Waals surface area contributed by atoms with Gasteiger partial charge in [-0.15, -0.1) is 10.2 Å². The fraction of sp³-hybridized carbons (Fsp3) is 0.370. The Labute approximate surface area is 206 Å². The second-order valence-electron chi connectivity index (χ2n) is 9.32. The molecule has 8 heteroatoms. The summed E-state index contributed by atoms with van der Waals surface area (Å²) in [4.78, 5) is 11.4. The highest BCUT2D eigenvalue weighted by Gasteiger charge is 2.21. The van der Waals surface area contributed by atoms with Gasteiger partial charge in [0.25, 0.3) is 0 Å². The number of likely N-dealkylation sites (tertiary alicyclic amines) is 1. The first-order chi connectivity index (χ1) is 17.1. The van der Waals surface area contributed by atoms with Crippen molar-refractivity contribution in [3.63, 3.8) is 0 Å². The van der Waals surface area contributed by atoms with Crippen LogP contribution in [0.25, 0.3) is 11.3 Å². The number of hydrogen-bond donors (Lipinski definition) is 2. The summed E-state index contributed by atoms with van der Waals surface area (Å²) in [7, 11) is 0. The van der Waals surface area contributed by atoms with Gasteiger partial charge in [0.2, 0.25) is 0 Å². The van der Waals surface area contributed by atoms with Crippen LogP contribution in [-0.2, 0) is 0 Å². The zero-order valence-electron chi connectivity index (χ0n) is 20.1. The van der Waals surface area contributed by atoms with E-state index in [0.717, 1.165) is 68.8 Å². The van der Waals surface area contributed by atoms with Crippen LogP contribution in [0.3, 0.4) is 0 Å². The van der Waals surface area contributed by atoms with Crippen LogP contribution in [0, 0.1) is 17.8 Å². The highest BCUT2D eigenvalue weighted by molar-refractivity contribution is 5.74. The highest BCUT2D eigenvalue weighted by Crippen LogP contribution is 2.32. The third-order valence-corrected chi connectivity index (χ3v) is 6.74. The first kappa shape index (κ1) is 22.9. The average molecular weight is 470 g/mol. The minimum Gasteiger partial charge on any atom is -0.507 e. The lowest BCUT2D eigenvalue weighted by atomic mass is 10.1. The van der Waals surface area contributed by atoms with Crippen molar-refractivity contribution in [1.29, 1.82) is 0 Å². The smallest absolute Gasteiger partial charge is 0.169 e. The van der Waals surface area contributed by atoms with Gasteiger partial charge >= 0.3 is 0 Å². The number of benzene rings is 1. The van der Waals surface area contributed by atoms with Crippen molar-refractivity contribution >= 4 is 17.2 Å². The molecule has 2 fully saturated rings. The van der Waals surface area contributed by atoms with Crippen LogP contribution in [0.15, 0.2) is 48.7 Å². The van der Waals surface area contributed by atoms with Gasteiger partial charge in [-0.1, -0.05) is 25.0 Å². The van der Waals surface area contributed by atoms with Crippen molar-refractivity contribution in [2.75, 3.05) is 61.3 Å². The SMILES string of the molecule is C[C@H]1CCN(CC#Cc2cc(N3CCN(c4cc(-c5ccccc5O)nnc4N)CC3)ccn2)C1. The molecule has 8 nitrogen and oxygen atoms in total. The van der Waals surface area contributed by atoms with Gasteiger partial charge in [-0.25, -0.2) is 4.98 Å². The van der Waals surface area contributed by atoms with Crippen LogP contribution < -0.4 is 15.5 Å². The summed E-state index contributed by atoms with van der Waals surface area (Å²) < 4.78 is 0. The molecule has 2 saturated heterocycles. The van der Waals surface area contributed by atoms with Gasteiger partial charge in [0.15, 0.2) is 5.82 Å². The number of para-hydroxylation sites is 1. The summed E-state index contributed by atoms with van der Waals surface area (Å²) in [5.41, 5.74) is 10.2. The summed E-state index contributed by atoms with van der Waals surface area (Å²) in [5.74, 6) is 7.88. The number of pyridine rings is 1. The van der Waals surface area contributed by atoms with E-state index in [4.69, 9.17) is 5.73 Å². The topological polar surface area (TPSA) is 94.6 Å². The lowest BCUT2D eigenvalue weighted by Crippen LogP contribution is -2.46. The molecule has 0 saturated carbocycles. The molecule has 1 aromatic carbocycles. The maximum absolute atomic E-state index is 10.2. The minimum absolute atomic E-state index is 0.175. The number of phenolic OH excluding ortho intramolecular Hbond substituents is 1. The van der Waals surface area contributed by atoms with Gasteiger partial charge in [-0.05, 0) is 55.1 Å². The van der Waals surface area contributed by atoms with Crippen LogP contribution in [0.4, 0.5) is 17.2 Å². The van der Waals surface area contributed by atoms with Gasteiger partial charge < -0.3 is 20.6 Å². The molecule has 3 N–H and O–H groups in total. The Bertz CT molecular complexity index is 1240. The van der Waals surface area contributed by atoms with E-state index in [-0.39, 0.29) is 5.75 Å². The van der Waals surface area contributed by atoms with Crippen LogP contribution in [0.1, 0.15) is 19.0 Å². The number of aromatic hydroxyl groups is 1. The molecule has 3 aromatic rings. The van der Waals surface area contributed by atoms with Gasteiger partial charge in [-0.3, -0.25) is 4.90 Å². The molecule has 0 bridgehead atoms. The van der Waals surface area contributed by atoms with Crippen molar-refractivity contribution in [2.45, 2.75) is 13.3 Å². The summed E-state index contributed by atoms with van der Waals surface area (Å²) in [6, 6.07) is 13.2. The number of piperazine rings is 1. The van der Waals surface area contributed by atoms with E-state index in [0.29, 0.717) is 17.1 Å². The fourth-order valence-corrected chi connectivity index (χ4v) is 4.77.